The molecule has 1 fully saturated rings. The maximum absolute atomic E-state index is 14.6. The molecule has 4 N–H and O–H groups in total. The number of anilines is 1. The SMILES string of the molecule is CS(=O)(=O)NCc1cc(F)cc(-c2ccnc3[nH]c(-c4n[nH]c5ccc(-c6cncc(NC(=O)C7CCC7)c6)cc45)nc23)c1. The Morgan fingerprint density at radius 1 is 1.05 bits per heavy atom. The van der Waals surface area contributed by atoms with Crippen LogP contribution in [0.5, 0.6) is 0 Å². The van der Waals surface area contributed by atoms with Gasteiger partial charge in [0.1, 0.15) is 17.0 Å². The van der Waals surface area contributed by atoms with Gasteiger partial charge in [0.25, 0.3) is 0 Å². The summed E-state index contributed by atoms with van der Waals surface area (Å²) in [5, 5.41) is 11.4. The van der Waals surface area contributed by atoms with Gasteiger partial charge < -0.3 is 10.3 Å². The molecule has 0 saturated heterocycles. The molecule has 0 atom stereocenters. The maximum Gasteiger partial charge on any atom is 0.227 e. The van der Waals surface area contributed by atoms with Gasteiger partial charge in [0, 0.05) is 41.4 Å². The summed E-state index contributed by atoms with van der Waals surface area (Å²) in [7, 11) is -3.45. The van der Waals surface area contributed by atoms with E-state index in [1.165, 1.54) is 12.1 Å². The van der Waals surface area contributed by atoms with Gasteiger partial charge in [0.15, 0.2) is 11.5 Å². The van der Waals surface area contributed by atoms with Crippen molar-refractivity contribution in [2.75, 3.05) is 11.6 Å². The number of sulfonamides is 1. The van der Waals surface area contributed by atoms with Crippen molar-refractivity contribution in [3.63, 3.8) is 0 Å². The summed E-state index contributed by atoms with van der Waals surface area (Å²) < 4.78 is 40.1. The number of H-pyrrole nitrogens is 2. The van der Waals surface area contributed by atoms with E-state index in [1.807, 2.05) is 24.3 Å². The van der Waals surface area contributed by atoms with Crippen LogP contribution in [-0.4, -0.2) is 50.7 Å². The lowest BCUT2D eigenvalue weighted by Crippen LogP contribution is -2.28. The molecular weight excluding hydrogens is 583 g/mol. The largest absolute Gasteiger partial charge is 0.324 e. The molecule has 1 aliphatic carbocycles. The first-order valence-corrected chi connectivity index (χ1v) is 15.9. The third kappa shape index (κ3) is 5.54. The number of fused-ring (bicyclic) bond motifs is 2. The van der Waals surface area contributed by atoms with Gasteiger partial charge in [-0.05, 0) is 72.0 Å². The molecule has 0 radical (unpaired) electrons. The number of nitrogens with zero attached hydrogens (tertiary/aromatic N) is 4. The summed E-state index contributed by atoms with van der Waals surface area (Å²) in [4.78, 5) is 29.3. The number of amides is 1. The first kappa shape index (κ1) is 27.8. The number of hydrogen-bond acceptors (Lipinski definition) is 7. The average molecular weight is 611 g/mol. The summed E-state index contributed by atoms with van der Waals surface area (Å²) in [6.07, 6.45) is 8.97. The van der Waals surface area contributed by atoms with Crippen molar-refractivity contribution in [2.24, 2.45) is 5.92 Å². The van der Waals surface area contributed by atoms with Gasteiger partial charge in [-0.1, -0.05) is 12.5 Å². The monoisotopic (exact) mass is 610 g/mol. The molecule has 2 aromatic carbocycles. The highest BCUT2D eigenvalue weighted by atomic mass is 32.2. The summed E-state index contributed by atoms with van der Waals surface area (Å²) in [5.74, 6) is 0.0710. The molecule has 222 valence electrons. The number of benzene rings is 2. The number of rotatable bonds is 8. The zero-order valence-corrected chi connectivity index (χ0v) is 24.4. The van der Waals surface area contributed by atoms with Crippen molar-refractivity contribution in [3.8, 4) is 33.8 Å². The van der Waals surface area contributed by atoms with E-state index >= 15 is 0 Å². The van der Waals surface area contributed by atoms with E-state index in [4.69, 9.17) is 4.98 Å². The van der Waals surface area contributed by atoms with Crippen LogP contribution in [0.25, 0.3) is 55.8 Å². The Labute approximate surface area is 251 Å². The Hall–Kier alpha value is -5.01. The molecule has 0 bridgehead atoms. The minimum atomic E-state index is -3.45. The van der Waals surface area contributed by atoms with Gasteiger partial charge in [-0.25, -0.2) is 27.5 Å². The highest BCUT2D eigenvalue weighted by Crippen LogP contribution is 2.34. The summed E-state index contributed by atoms with van der Waals surface area (Å²) >= 11 is 0. The highest BCUT2D eigenvalue weighted by Gasteiger charge is 2.25. The molecule has 0 aliphatic heterocycles. The van der Waals surface area contributed by atoms with Crippen LogP contribution >= 0.6 is 0 Å². The number of hydrogen-bond donors (Lipinski definition) is 4. The lowest BCUT2D eigenvalue weighted by Gasteiger charge is -2.24. The fourth-order valence-corrected chi connectivity index (χ4v) is 5.76. The topological polar surface area (TPSA) is 158 Å². The Kier molecular flexibility index (Phi) is 6.90. The van der Waals surface area contributed by atoms with Crippen LogP contribution in [0.3, 0.4) is 0 Å². The van der Waals surface area contributed by atoms with Gasteiger partial charge in [-0.2, -0.15) is 5.10 Å². The molecule has 4 heterocycles. The first-order chi connectivity index (χ1) is 21.2. The highest BCUT2D eigenvalue weighted by molar-refractivity contribution is 7.88. The third-order valence-corrected chi connectivity index (χ3v) is 8.46. The number of aromatic nitrogens is 6. The molecule has 44 heavy (non-hydrogen) atoms. The van der Waals surface area contributed by atoms with Crippen LogP contribution in [0, 0.1) is 11.7 Å². The molecule has 11 nitrogen and oxygen atoms in total. The van der Waals surface area contributed by atoms with Crippen LogP contribution in [0.2, 0.25) is 0 Å². The van der Waals surface area contributed by atoms with Gasteiger partial charge in [0.05, 0.1) is 23.7 Å². The Bertz CT molecular complexity index is 2170. The molecule has 13 heteroatoms. The maximum atomic E-state index is 14.6. The second-order valence-corrected chi connectivity index (χ2v) is 12.8. The molecule has 1 aliphatic rings. The van der Waals surface area contributed by atoms with Crippen LogP contribution < -0.4 is 10.0 Å². The second-order valence-electron chi connectivity index (χ2n) is 11.0. The van der Waals surface area contributed by atoms with Crippen LogP contribution in [-0.2, 0) is 21.4 Å². The van der Waals surface area contributed by atoms with E-state index in [-0.39, 0.29) is 18.4 Å². The van der Waals surface area contributed by atoms with E-state index in [1.54, 1.807) is 30.7 Å². The van der Waals surface area contributed by atoms with Gasteiger partial charge in [-0.3, -0.25) is 14.9 Å². The Morgan fingerprint density at radius 2 is 1.91 bits per heavy atom. The van der Waals surface area contributed by atoms with Crippen molar-refractivity contribution in [3.05, 3.63) is 78.5 Å². The van der Waals surface area contributed by atoms with E-state index in [9.17, 15) is 17.6 Å². The van der Waals surface area contributed by atoms with E-state index in [0.717, 1.165) is 47.5 Å². The number of halogens is 1. The Morgan fingerprint density at radius 3 is 2.70 bits per heavy atom. The van der Waals surface area contributed by atoms with Crippen molar-refractivity contribution in [2.45, 2.75) is 25.8 Å². The zero-order valence-electron chi connectivity index (χ0n) is 23.6. The van der Waals surface area contributed by atoms with Crippen LogP contribution in [0.1, 0.15) is 24.8 Å². The molecule has 0 unspecified atom stereocenters. The lowest BCUT2D eigenvalue weighted by atomic mass is 9.85. The standard InChI is InChI=1S/C31H27FN8O3S/c1-44(42,43)35-14-17-9-20(11-22(32)10-17)24-7-8-34-29-27(24)37-30(38-29)28-25-13-19(5-6-26(25)39-40-28)21-12-23(16-33-15-21)36-31(41)18-3-2-4-18/h5-13,15-16,18,35H,2-4,14H2,1H3,(H,36,41)(H,39,40)(H,34,37,38). The summed E-state index contributed by atoms with van der Waals surface area (Å²) in [5.41, 5.74) is 6.39. The van der Waals surface area contributed by atoms with Crippen LogP contribution in [0.15, 0.2) is 67.1 Å². The quantitative estimate of drug-likeness (QED) is 0.185. The molecule has 1 saturated carbocycles. The van der Waals surface area contributed by atoms with Gasteiger partial charge >= 0.3 is 0 Å². The number of pyridine rings is 2. The lowest BCUT2D eigenvalue weighted by molar-refractivity contribution is -0.122. The molecule has 6 aromatic rings. The van der Waals surface area contributed by atoms with Crippen molar-refractivity contribution in [1.82, 2.24) is 34.9 Å². The summed E-state index contributed by atoms with van der Waals surface area (Å²) in [6, 6.07) is 13.9. The smallest absolute Gasteiger partial charge is 0.227 e. The number of aromatic amines is 2. The minimum absolute atomic E-state index is 0.0284. The van der Waals surface area contributed by atoms with E-state index in [0.29, 0.717) is 45.1 Å². The second kappa shape index (κ2) is 10.9. The van der Waals surface area contributed by atoms with Gasteiger partial charge in [0.2, 0.25) is 15.9 Å². The fraction of sp³-hybridized carbons (Fsp3) is 0.194. The normalized spacial score (nSPS) is 13.8. The van der Waals surface area contributed by atoms with Gasteiger partial charge in [-0.15, -0.1) is 0 Å². The van der Waals surface area contributed by atoms with Crippen molar-refractivity contribution >= 4 is 43.7 Å². The molecule has 0 spiro atoms. The number of carbonyl (C=O) groups excluding carboxylic acids is 1. The fourth-order valence-electron chi connectivity index (χ4n) is 5.33. The van der Waals surface area contributed by atoms with E-state index < -0.39 is 15.8 Å². The zero-order chi connectivity index (χ0) is 30.4. The Balaban J connectivity index is 1.23. The summed E-state index contributed by atoms with van der Waals surface area (Å²) in [6.45, 7) is -0.0451. The molecule has 1 amide bonds. The molecule has 7 rings (SSSR count). The molecule has 4 aromatic heterocycles. The van der Waals surface area contributed by atoms with Crippen molar-refractivity contribution in [1.29, 1.82) is 0 Å². The third-order valence-electron chi connectivity index (χ3n) is 7.79. The number of nitrogens with one attached hydrogen (secondary N) is 4. The first-order valence-electron chi connectivity index (χ1n) is 14.0. The number of imidazole rings is 1. The predicted molar refractivity (Wildman–Crippen MR) is 165 cm³/mol. The number of carbonyl (C=O) groups is 1. The molecular formula is C31H27FN8O3S. The average Bonchev–Trinajstić information content (AvgIpc) is 3.58. The van der Waals surface area contributed by atoms with Crippen molar-refractivity contribution < 1.29 is 17.6 Å². The minimum Gasteiger partial charge on any atom is -0.324 e. The van der Waals surface area contributed by atoms with E-state index in [2.05, 4.69) is 35.2 Å². The van der Waals surface area contributed by atoms with Crippen LogP contribution in [0.4, 0.5) is 10.1 Å². The predicted octanol–water partition coefficient (Wildman–Crippen LogP) is 5.16.